The second-order valence-corrected chi connectivity index (χ2v) is 5.62. The predicted octanol–water partition coefficient (Wildman–Crippen LogP) is 2.54. The van der Waals surface area contributed by atoms with Crippen LogP contribution in [0.1, 0.15) is 37.3 Å². The molecule has 0 spiro atoms. The molecule has 0 aromatic heterocycles. The molecule has 1 aliphatic carbocycles. The number of hydrogen-bond donors (Lipinski definition) is 2. The van der Waals surface area contributed by atoms with Crippen molar-refractivity contribution in [2.45, 2.75) is 32.6 Å². The minimum atomic E-state index is -0.0613. The van der Waals surface area contributed by atoms with Crippen molar-refractivity contribution < 1.29 is 9.90 Å². The molecule has 0 bridgehead atoms. The predicted molar refractivity (Wildman–Crippen MR) is 81.2 cm³/mol. The molecule has 2 rings (SSSR count). The number of hydrogen-bond acceptors (Lipinski definition) is 2. The highest BCUT2D eigenvalue weighted by molar-refractivity contribution is 5.91. The first kappa shape index (κ1) is 14.8. The normalized spacial score (nSPS) is 16.3. The standard InChI is InChI=1S/C17H23NO2/c1-2-14-3-5-15(6-4-14)7-8-16(20)18-13-17(9-10-17)11-12-19/h3-8,19H,2,9-13H2,1H3,(H,18,20)/b8-7+. The Hall–Kier alpha value is -1.61. The average Bonchev–Trinajstić information content (AvgIpc) is 3.24. The van der Waals surface area contributed by atoms with Gasteiger partial charge in [-0.1, -0.05) is 31.2 Å². The maximum absolute atomic E-state index is 11.8. The fourth-order valence-electron chi connectivity index (χ4n) is 2.30. The third kappa shape index (κ3) is 4.20. The van der Waals surface area contributed by atoms with Gasteiger partial charge in [0.25, 0.3) is 0 Å². The van der Waals surface area contributed by atoms with Gasteiger partial charge in [0.1, 0.15) is 0 Å². The highest BCUT2D eigenvalue weighted by Crippen LogP contribution is 2.47. The lowest BCUT2D eigenvalue weighted by atomic mass is 10.0. The highest BCUT2D eigenvalue weighted by Gasteiger charge is 2.41. The van der Waals surface area contributed by atoms with Crippen LogP contribution in [-0.4, -0.2) is 24.2 Å². The molecule has 0 unspecified atom stereocenters. The zero-order chi connectivity index (χ0) is 14.4. The third-order valence-corrected chi connectivity index (χ3v) is 4.05. The Labute approximate surface area is 120 Å². The minimum Gasteiger partial charge on any atom is -0.396 e. The smallest absolute Gasteiger partial charge is 0.244 e. The van der Waals surface area contributed by atoms with Gasteiger partial charge >= 0.3 is 0 Å². The first-order valence-corrected chi connectivity index (χ1v) is 7.33. The Balaban J connectivity index is 1.80. The van der Waals surface area contributed by atoms with Crippen molar-refractivity contribution in [3.63, 3.8) is 0 Å². The summed E-state index contributed by atoms with van der Waals surface area (Å²) in [5.41, 5.74) is 2.50. The maximum Gasteiger partial charge on any atom is 0.244 e. The van der Waals surface area contributed by atoms with Crippen LogP contribution in [0.2, 0.25) is 0 Å². The summed E-state index contributed by atoms with van der Waals surface area (Å²) in [4.78, 5) is 11.8. The fraction of sp³-hybridized carbons (Fsp3) is 0.471. The summed E-state index contributed by atoms with van der Waals surface area (Å²) >= 11 is 0. The zero-order valence-corrected chi connectivity index (χ0v) is 12.1. The molecular weight excluding hydrogens is 250 g/mol. The number of benzene rings is 1. The molecule has 0 saturated heterocycles. The van der Waals surface area contributed by atoms with Gasteiger partial charge in [0.15, 0.2) is 0 Å². The van der Waals surface area contributed by atoms with E-state index in [4.69, 9.17) is 5.11 Å². The molecule has 3 heteroatoms. The van der Waals surface area contributed by atoms with Gasteiger partial charge < -0.3 is 10.4 Å². The van der Waals surface area contributed by atoms with Crippen LogP contribution in [-0.2, 0) is 11.2 Å². The molecule has 1 aromatic carbocycles. The molecule has 3 nitrogen and oxygen atoms in total. The van der Waals surface area contributed by atoms with Crippen LogP contribution < -0.4 is 5.32 Å². The van der Waals surface area contributed by atoms with E-state index in [1.807, 2.05) is 18.2 Å². The number of aryl methyl sites for hydroxylation is 1. The first-order valence-electron chi connectivity index (χ1n) is 7.33. The second kappa shape index (κ2) is 6.71. The van der Waals surface area contributed by atoms with Gasteiger partial charge in [0, 0.05) is 19.2 Å². The van der Waals surface area contributed by atoms with Gasteiger partial charge in [0.2, 0.25) is 5.91 Å². The molecule has 1 saturated carbocycles. The number of rotatable bonds is 7. The van der Waals surface area contributed by atoms with E-state index in [0.717, 1.165) is 31.2 Å². The van der Waals surface area contributed by atoms with Gasteiger partial charge in [-0.3, -0.25) is 4.79 Å². The van der Waals surface area contributed by atoms with Gasteiger partial charge in [-0.15, -0.1) is 0 Å². The maximum atomic E-state index is 11.8. The minimum absolute atomic E-state index is 0.0613. The first-order chi connectivity index (χ1) is 9.67. The van der Waals surface area contributed by atoms with Gasteiger partial charge in [-0.05, 0) is 48.3 Å². The second-order valence-electron chi connectivity index (χ2n) is 5.62. The van der Waals surface area contributed by atoms with Crippen LogP contribution in [0.25, 0.3) is 6.08 Å². The molecule has 1 aliphatic rings. The van der Waals surface area contributed by atoms with E-state index in [-0.39, 0.29) is 17.9 Å². The summed E-state index contributed by atoms with van der Waals surface area (Å²) in [7, 11) is 0. The summed E-state index contributed by atoms with van der Waals surface area (Å²) in [5.74, 6) is -0.0613. The summed E-state index contributed by atoms with van der Waals surface area (Å²) in [6.45, 7) is 3.00. The SMILES string of the molecule is CCc1ccc(/C=C/C(=O)NCC2(CCO)CC2)cc1. The van der Waals surface area contributed by atoms with E-state index < -0.39 is 0 Å². The summed E-state index contributed by atoms with van der Waals surface area (Å²) < 4.78 is 0. The van der Waals surface area contributed by atoms with E-state index in [9.17, 15) is 4.79 Å². The monoisotopic (exact) mass is 273 g/mol. The van der Waals surface area contributed by atoms with Gasteiger partial charge in [-0.2, -0.15) is 0 Å². The van der Waals surface area contributed by atoms with Crippen LogP contribution in [0, 0.1) is 5.41 Å². The van der Waals surface area contributed by atoms with E-state index >= 15 is 0 Å². The molecule has 0 heterocycles. The Morgan fingerprint density at radius 2 is 2.05 bits per heavy atom. The number of amides is 1. The van der Waals surface area contributed by atoms with Gasteiger partial charge in [0.05, 0.1) is 0 Å². The number of carbonyl (C=O) groups excluding carboxylic acids is 1. The van der Waals surface area contributed by atoms with Crippen molar-refractivity contribution in [3.8, 4) is 0 Å². The van der Waals surface area contributed by atoms with Crippen molar-refractivity contribution >= 4 is 12.0 Å². The average molecular weight is 273 g/mol. The van der Waals surface area contributed by atoms with E-state index in [1.165, 1.54) is 5.56 Å². The molecule has 1 fully saturated rings. The van der Waals surface area contributed by atoms with Crippen LogP contribution in [0.15, 0.2) is 30.3 Å². The van der Waals surface area contributed by atoms with Crippen molar-refractivity contribution in [2.75, 3.05) is 13.2 Å². The summed E-state index contributed by atoms with van der Waals surface area (Å²) in [6, 6.07) is 8.21. The van der Waals surface area contributed by atoms with Crippen LogP contribution in [0.3, 0.4) is 0 Å². The lowest BCUT2D eigenvalue weighted by Crippen LogP contribution is -2.29. The topological polar surface area (TPSA) is 49.3 Å². The molecular formula is C17H23NO2. The molecule has 1 amide bonds. The zero-order valence-electron chi connectivity index (χ0n) is 12.1. The number of aliphatic hydroxyl groups excluding tert-OH is 1. The van der Waals surface area contributed by atoms with E-state index in [1.54, 1.807) is 6.08 Å². The van der Waals surface area contributed by atoms with Crippen LogP contribution in [0.4, 0.5) is 0 Å². The van der Waals surface area contributed by atoms with Crippen molar-refractivity contribution in [1.29, 1.82) is 0 Å². The van der Waals surface area contributed by atoms with Gasteiger partial charge in [-0.25, -0.2) is 0 Å². The summed E-state index contributed by atoms with van der Waals surface area (Å²) in [5, 5.41) is 11.9. The number of carbonyl (C=O) groups is 1. The molecule has 0 aliphatic heterocycles. The third-order valence-electron chi connectivity index (χ3n) is 4.05. The van der Waals surface area contributed by atoms with Crippen molar-refractivity contribution in [1.82, 2.24) is 5.32 Å². The molecule has 108 valence electrons. The van der Waals surface area contributed by atoms with E-state index in [0.29, 0.717) is 6.54 Å². The molecule has 0 atom stereocenters. The molecule has 2 N–H and O–H groups in total. The Morgan fingerprint density at radius 1 is 1.35 bits per heavy atom. The van der Waals surface area contributed by atoms with Crippen LogP contribution in [0.5, 0.6) is 0 Å². The van der Waals surface area contributed by atoms with Crippen molar-refractivity contribution in [2.24, 2.45) is 5.41 Å². The highest BCUT2D eigenvalue weighted by atomic mass is 16.3. The van der Waals surface area contributed by atoms with Crippen molar-refractivity contribution in [3.05, 3.63) is 41.5 Å². The Bertz CT molecular complexity index is 472. The molecule has 0 radical (unpaired) electrons. The Kier molecular flexibility index (Phi) is 4.96. The van der Waals surface area contributed by atoms with E-state index in [2.05, 4.69) is 24.4 Å². The number of aliphatic hydroxyl groups is 1. The van der Waals surface area contributed by atoms with Crippen LogP contribution >= 0.6 is 0 Å². The fourth-order valence-corrected chi connectivity index (χ4v) is 2.30. The molecule has 20 heavy (non-hydrogen) atoms. The Morgan fingerprint density at radius 3 is 2.60 bits per heavy atom. The molecule has 1 aromatic rings. The summed E-state index contributed by atoms with van der Waals surface area (Å²) in [6.07, 6.45) is 7.44. The largest absolute Gasteiger partial charge is 0.396 e. The number of nitrogens with one attached hydrogen (secondary N) is 1. The quantitative estimate of drug-likeness (QED) is 0.750. The lowest BCUT2D eigenvalue weighted by molar-refractivity contribution is -0.116. The lowest BCUT2D eigenvalue weighted by Gasteiger charge is -2.13.